The van der Waals surface area contributed by atoms with Crippen molar-refractivity contribution >= 4 is 27.1 Å². The molecule has 0 radical (unpaired) electrons. The van der Waals surface area contributed by atoms with Crippen molar-refractivity contribution in [2.24, 2.45) is 0 Å². The molecule has 0 saturated carbocycles. The van der Waals surface area contributed by atoms with Gasteiger partial charge in [-0.25, -0.2) is 0 Å². The normalized spacial score (nSPS) is 12.1. The summed E-state index contributed by atoms with van der Waals surface area (Å²) in [6.45, 7) is 10.8. The van der Waals surface area contributed by atoms with Gasteiger partial charge in [0.25, 0.3) is 0 Å². The molecule has 0 atom stereocenters. The van der Waals surface area contributed by atoms with Gasteiger partial charge in [0.1, 0.15) is 0 Å². The molecule has 0 unspecified atom stereocenters. The number of hydrogen-bond donors (Lipinski definition) is 0. The number of allylic oxidation sites excluding steroid dienone is 6. The Balaban J connectivity index is 0.000000332. The van der Waals surface area contributed by atoms with E-state index in [1.54, 1.807) is 0 Å². The van der Waals surface area contributed by atoms with Crippen molar-refractivity contribution in [3.63, 3.8) is 0 Å². The minimum Gasteiger partial charge on any atom is -0.121 e. The van der Waals surface area contributed by atoms with Gasteiger partial charge < -0.3 is 0 Å². The molecule has 39 heavy (non-hydrogen) atoms. The second-order valence-electron chi connectivity index (χ2n) is 10.2. The minimum atomic E-state index is 0.817. The Hall–Kier alpha value is -4.64. The van der Waals surface area contributed by atoms with Crippen LogP contribution in [-0.2, 0) is 0 Å². The van der Waals surface area contributed by atoms with Crippen LogP contribution in [0.2, 0.25) is 0 Å². The average molecular weight is 503 g/mol. The van der Waals surface area contributed by atoms with Gasteiger partial charge in [0, 0.05) is 0 Å². The van der Waals surface area contributed by atoms with Gasteiger partial charge in [0.05, 0.1) is 0 Å². The number of hydrogen-bond acceptors (Lipinski definition) is 0. The molecule has 0 bridgehead atoms. The third-order valence-electron chi connectivity index (χ3n) is 7.46. The van der Waals surface area contributed by atoms with Crippen LogP contribution in [0.3, 0.4) is 0 Å². The lowest BCUT2D eigenvalue weighted by atomic mass is 9.92. The first-order valence-corrected chi connectivity index (χ1v) is 13.5. The van der Waals surface area contributed by atoms with E-state index in [1.165, 1.54) is 60.5 Å². The van der Waals surface area contributed by atoms with Crippen LogP contribution in [0.1, 0.15) is 28.7 Å². The highest BCUT2D eigenvalue weighted by Crippen LogP contribution is 2.33. The Bertz CT molecular complexity index is 1780. The Morgan fingerprint density at radius 3 is 2.18 bits per heavy atom. The number of fused-ring (bicyclic) bond motifs is 2. The maximum atomic E-state index is 4.36. The molecule has 0 N–H and O–H groups in total. The molecule has 0 saturated heterocycles. The molecule has 6 rings (SSSR count). The Labute approximate surface area is 232 Å². The zero-order valence-electron chi connectivity index (χ0n) is 23.0. The average Bonchev–Trinajstić information content (AvgIpc) is 3.24. The van der Waals surface area contributed by atoms with Gasteiger partial charge in [0.15, 0.2) is 0 Å². The third-order valence-corrected chi connectivity index (χ3v) is 7.46. The molecule has 0 heteroatoms. The van der Waals surface area contributed by atoms with Crippen molar-refractivity contribution in [2.45, 2.75) is 27.2 Å². The Kier molecular flexibility index (Phi) is 7.88. The van der Waals surface area contributed by atoms with Crippen LogP contribution in [0, 0.1) is 20.8 Å². The first-order chi connectivity index (χ1) is 19.0. The molecule has 1 aliphatic rings. The van der Waals surface area contributed by atoms with Crippen LogP contribution in [0.25, 0.3) is 38.2 Å². The van der Waals surface area contributed by atoms with Crippen molar-refractivity contribution in [1.29, 1.82) is 0 Å². The van der Waals surface area contributed by atoms with E-state index >= 15 is 0 Å². The molecule has 0 nitrogen and oxygen atoms in total. The van der Waals surface area contributed by atoms with E-state index in [1.807, 2.05) is 18.2 Å². The molecule has 5 aromatic carbocycles. The smallest absolute Gasteiger partial charge is 0.00196 e. The van der Waals surface area contributed by atoms with E-state index in [0.29, 0.717) is 0 Å². The van der Waals surface area contributed by atoms with E-state index in [2.05, 4.69) is 142 Å². The van der Waals surface area contributed by atoms with Gasteiger partial charge >= 0.3 is 0 Å². The second kappa shape index (κ2) is 11.8. The van der Waals surface area contributed by atoms with Crippen molar-refractivity contribution in [3.8, 4) is 11.1 Å². The lowest BCUT2D eigenvalue weighted by Gasteiger charge is -2.12. The summed E-state index contributed by atoms with van der Waals surface area (Å²) >= 11 is 0. The van der Waals surface area contributed by atoms with E-state index in [4.69, 9.17) is 0 Å². The Morgan fingerprint density at radius 2 is 1.38 bits per heavy atom. The summed E-state index contributed by atoms with van der Waals surface area (Å²) in [5, 5.41) is 5.22. The highest BCUT2D eigenvalue weighted by molar-refractivity contribution is 6.03. The van der Waals surface area contributed by atoms with Crippen LogP contribution in [0.15, 0.2) is 145 Å². The minimum absolute atomic E-state index is 0.817. The van der Waals surface area contributed by atoms with Gasteiger partial charge in [-0.1, -0.05) is 104 Å². The standard InChI is InChI=1S/C31H24.C8H10/c1-22(18-24-10-5-3-4-6-11-24)25-13-9-14-26(19-25)27-16-17-29-20-28-12-7-8-15-30(28)23(2)31(29)21-27;1-7-5-3-4-6-8(7)2/h3-5,7-17,19-21H,1,18H2,2H3;3-6H,1-2H3. The van der Waals surface area contributed by atoms with Gasteiger partial charge in [-0.05, 0) is 124 Å². The maximum Gasteiger partial charge on any atom is -0.00196 e. The SMILES string of the molecule is C=C(CC1=CC=CC=C=C1)c1cccc(-c2ccc3cc4ccccc4c(C)c3c2)c1.Cc1ccccc1C. The molecule has 0 aliphatic heterocycles. The summed E-state index contributed by atoms with van der Waals surface area (Å²) in [6, 6.07) is 34.8. The lowest BCUT2D eigenvalue weighted by Crippen LogP contribution is -1.88. The van der Waals surface area contributed by atoms with Crippen LogP contribution >= 0.6 is 0 Å². The largest absolute Gasteiger partial charge is 0.121 e. The van der Waals surface area contributed by atoms with Gasteiger partial charge in [-0.15, -0.1) is 5.73 Å². The van der Waals surface area contributed by atoms with Crippen molar-refractivity contribution in [1.82, 2.24) is 0 Å². The van der Waals surface area contributed by atoms with E-state index in [0.717, 1.165) is 12.0 Å². The summed E-state index contributed by atoms with van der Waals surface area (Å²) in [5.74, 6) is 0. The van der Waals surface area contributed by atoms with Crippen LogP contribution in [-0.4, -0.2) is 0 Å². The van der Waals surface area contributed by atoms with Crippen LogP contribution < -0.4 is 0 Å². The first kappa shape index (κ1) is 26.0. The molecule has 0 fully saturated rings. The Morgan fingerprint density at radius 1 is 0.667 bits per heavy atom. The van der Waals surface area contributed by atoms with Crippen LogP contribution in [0.5, 0.6) is 0 Å². The number of aryl methyl sites for hydroxylation is 3. The lowest BCUT2D eigenvalue weighted by molar-refractivity contribution is 1.30. The zero-order chi connectivity index (χ0) is 27.2. The summed E-state index contributed by atoms with van der Waals surface area (Å²) in [5.41, 5.74) is 13.2. The summed E-state index contributed by atoms with van der Waals surface area (Å²) in [4.78, 5) is 0. The second-order valence-corrected chi connectivity index (χ2v) is 10.2. The van der Waals surface area contributed by atoms with Crippen molar-refractivity contribution < 1.29 is 0 Å². The van der Waals surface area contributed by atoms with Gasteiger partial charge in [0.2, 0.25) is 0 Å². The van der Waals surface area contributed by atoms with Gasteiger partial charge in [-0.3, -0.25) is 0 Å². The molecular formula is C39H34. The molecule has 190 valence electrons. The van der Waals surface area contributed by atoms with E-state index < -0.39 is 0 Å². The topological polar surface area (TPSA) is 0 Å². The molecule has 5 aromatic rings. The molecule has 0 aromatic heterocycles. The fourth-order valence-corrected chi connectivity index (χ4v) is 5.00. The summed E-state index contributed by atoms with van der Waals surface area (Å²) < 4.78 is 0. The van der Waals surface area contributed by atoms with Crippen molar-refractivity contribution in [2.75, 3.05) is 0 Å². The highest BCUT2D eigenvalue weighted by atomic mass is 14.1. The molecule has 0 spiro atoms. The van der Waals surface area contributed by atoms with Crippen LogP contribution in [0.4, 0.5) is 0 Å². The quantitative estimate of drug-likeness (QED) is 0.169. The maximum absolute atomic E-state index is 4.36. The number of rotatable bonds is 4. The highest BCUT2D eigenvalue weighted by Gasteiger charge is 2.08. The van der Waals surface area contributed by atoms with Gasteiger partial charge in [-0.2, -0.15) is 0 Å². The fraction of sp³-hybridized carbons (Fsp3) is 0.103. The summed E-state index contributed by atoms with van der Waals surface area (Å²) in [6.07, 6.45) is 11.0. The molecule has 0 heterocycles. The predicted octanol–water partition coefficient (Wildman–Crippen LogP) is 10.9. The molecular weight excluding hydrogens is 468 g/mol. The first-order valence-electron chi connectivity index (χ1n) is 13.5. The van der Waals surface area contributed by atoms with Crippen molar-refractivity contribution in [3.05, 3.63) is 168 Å². The summed E-state index contributed by atoms with van der Waals surface area (Å²) in [7, 11) is 0. The van der Waals surface area contributed by atoms with E-state index in [-0.39, 0.29) is 0 Å². The molecule has 1 aliphatic carbocycles. The predicted molar refractivity (Wildman–Crippen MR) is 171 cm³/mol. The third kappa shape index (κ3) is 6.10. The fourth-order valence-electron chi connectivity index (χ4n) is 5.00. The zero-order valence-corrected chi connectivity index (χ0v) is 23.0. The number of benzene rings is 5. The molecule has 0 amide bonds. The monoisotopic (exact) mass is 502 g/mol. The van der Waals surface area contributed by atoms with E-state index in [9.17, 15) is 0 Å².